The van der Waals surface area contributed by atoms with Crippen molar-refractivity contribution in [3.63, 3.8) is 0 Å². The van der Waals surface area contributed by atoms with Crippen molar-refractivity contribution >= 4 is 50.7 Å². The monoisotopic (exact) mass is 603 g/mol. The molecule has 0 aliphatic rings. The van der Waals surface area contributed by atoms with E-state index >= 15 is 0 Å². The lowest BCUT2D eigenvalue weighted by Gasteiger charge is -2.32. The number of halogens is 2. The zero-order chi connectivity index (χ0) is 29.6. The second-order valence-electron chi connectivity index (χ2n) is 9.84. The molecule has 0 heterocycles. The first-order valence-corrected chi connectivity index (χ1v) is 15.2. The van der Waals surface area contributed by atoms with E-state index in [2.05, 4.69) is 5.32 Å². The number of anilines is 1. The molecule has 40 heavy (non-hydrogen) atoms. The number of carbonyl (C=O) groups excluding carboxylic acids is 2. The summed E-state index contributed by atoms with van der Waals surface area (Å²) in [7, 11) is -4.14. The van der Waals surface area contributed by atoms with Gasteiger partial charge < -0.3 is 10.2 Å². The topological polar surface area (TPSA) is 86.8 Å². The molecule has 0 aliphatic heterocycles. The molecule has 10 heteroatoms. The van der Waals surface area contributed by atoms with Crippen LogP contribution in [-0.2, 0) is 26.2 Å². The van der Waals surface area contributed by atoms with Crippen molar-refractivity contribution in [3.05, 3.63) is 93.0 Å². The van der Waals surface area contributed by atoms with Crippen molar-refractivity contribution in [2.45, 2.75) is 58.5 Å². The van der Waals surface area contributed by atoms with Gasteiger partial charge in [0.2, 0.25) is 11.8 Å². The van der Waals surface area contributed by atoms with Gasteiger partial charge in [0.15, 0.2) is 0 Å². The number of aryl methyl sites for hydroxylation is 3. The van der Waals surface area contributed by atoms with Gasteiger partial charge >= 0.3 is 0 Å². The molecule has 0 saturated heterocycles. The third-order valence-electron chi connectivity index (χ3n) is 6.58. The Balaban J connectivity index is 2.07. The number of hydrogen-bond acceptors (Lipinski definition) is 4. The van der Waals surface area contributed by atoms with E-state index in [1.165, 1.54) is 17.0 Å². The Morgan fingerprint density at radius 2 is 1.57 bits per heavy atom. The number of amides is 2. The number of benzene rings is 3. The van der Waals surface area contributed by atoms with Crippen molar-refractivity contribution in [3.8, 4) is 0 Å². The minimum atomic E-state index is -4.14. The molecule has 1 atom stereocenters. The Kier molecular flexibility index (Phi) is 10.6. The highest BCUT2D eigenvalue weighted by molar-refractivity contribution is 7.92. The van der Waals surface area contributed by atoms with Gasteiger partial charge in [-0.25, -0.2) is 8.42 Å². The van der Waals surface area contributed by atoms with E-state index in [0.29, 0.717) is 33.4 Å². The second-order valence-corrected chi connectivity index (χ2v) is 12.5. The fraction of sp³-hybridized carbons (Fsp3) is 0.333. The molecule has 214 valence electrons. The van der Waals surface area contributed by atoms with Crippen molar-refractivity contribution in [2.24, 2.45) is 0 Å². The smallest absolute Gasteiger partial charge is 0.264 e. The molecule has 1 N–H and O–H groups in total. The number of sulfonamides is 1. The minimum Gasteiger partial charge on any atom is -0.354 e. The largest absolute Gasteiger partial charge is 0.354 e. The molecule has 0 aliphatic carbocycles. The fourth-order valence-electron chi connectivity index (χ4n) is 4.25. The van der Waals surface area contributed by atoms with Gasteiger partial charge in [0.25, 0.3) is 10.0 Å². The summed E-state index contributed by atoms with van der Waals surface area (Å²) in [6.07, 6.45) is 0.727. The summed E-state index contributed by atoms with van der Waals surface area (Å²) in [4.78, 5) is 28.4. The normalized spacial score (nSPS) is 12.1. The first kappa shape index (κ1) is 31.5. The quantitative estimate of drug-likeness (QED) is 0.289. The third-order valence-corrected chi connectivity index (χ3v) is 8.94. The molecule has 0 spiro atoms. The van der Waals surface area contributed by atoms with Crippen LogP contribution in [0.15, 0.2) is 65.6 Å². The summed E-state index contributed by atoms with van der Waals surface area (Å²) in [5.74, 6) is -0.902. The molecule has 2 amide bonds. The summed E-state index contributed by atoms with van der Waals surface area (Å²) < 4.78 is 29.1. The van der Waals surface area contributed by atoms with Crippen molar-refractivity contribution < 1.29 is 18.0 Å². The summed E-state index contributed by atoms with van der Waals surface area (Å²) in [5.41, 5.74) is 3.53. The molecular weight excluding hydrogens is 569 g/mol. The number of rotatable bonds is 11. The van der Waals surface area contributed by atoms with Gasteiger partial charge in [-0.2, -0.15) is 0 Å². The maximum Gasteiger partial charge on any atom is 0.264 e. The van der Waals surface area contributed by atoms with E-state index in [4.69, 9.17) is 23.2 Å². The molecule has 0 fully saturated rings. The third kappa shape index (κ3) is 7.56. The Labute approximate surface area is 247 Å². The average Bonchev–Trinajstić information content (AvgIpc) is 2.90. The van der Waals surface area contributed by atoms with Crippen LogP contribution < -0.4 is 9.62 Å². The zero-order valence-electron chi connectivity index (χ0n) is 23.4. The summed E-state index contributed by atoms with van der Waals surface area (Å²) in [5, 5.41) is 3.59. The Morgan fingerprint density at radius 1 is 0.925 bits per heavy atom. The SMILES string of the molecule is CCCNC(=O)C(C)N(Cc1ccc(Cl)cc1Cl)C(=O)CN(c1ccc(C)cc1C)S(=O)(=O)c1ccc(C)cc1. The summed E-state index contributed by atoms with van der Waals surface area (Å²) >= 11 is 12.5. The highest BCUT2D eigenvalue weighted by Gasteiger charge is 2.33. The van der Waals surface area contributed by atoms with Gasteiger partial charge in [0, 0.05) is 23.1 Å². The van der Waals surface area contributed by atoms with Gasteiger partial charge in [-0.1, -0.05) is 71.6 Å². The van der Waals surface area contributed by atoms with Gasteiger partial charge in [0.05, 0.1) is 10.6 Å². The fourth-order valence-corrected chi connectivity index (χ4v) is 6.19. The van der Waals surface area contributed by atoms with Gasteiger partial charge in [-0.15, -0.1) is 0 Å². The van der Waals surface area contributed by atoms with Gasteiger partial charge in [-0.05, 0) is 75.6 Å². The molecule has 1 unspecified atom stereocenters. The van der Waals surface area contributed by atoms with Crippen LogP contribution in [0.3, 0.4) is 0 Å². The first-order chi connectivity index (χ1) is 18.8. The lowest BCUT2D eigenvalue weighted by molar-refractivity contribution is -0.139. The molecule has 3 aromatic rings. The van der Waals surface area contributed by atoms with E-state index in [0.717, 1.165) is 21.9 Å². The molecule has 7 nitrogen and oxygen atoms in total. The van der Waals surface area contributed by atoms with Crippen LogP contribution >= 0.6 is 23.2 Å². The van der Waals surface area contributed by atoms with Crippen LogP contribution in [0.4, 0.5) is 5.69 Å². The molecule has 0 aromatic heterocycles. The van der Waals surface area contributed by atoms with Crippen LogP contribution in [0.5, 0.6) is 0 Å². The van der Waals surface area contributed by atoms with E-state index in [-0.39, 0.29) is 17.3 Å². The summed E-state index contributed by atoms with van der Waals surface area (Å²) in [6.45, 7) is 9.04. The lowest BCUT2D eigenvalue weighted by atomic mass is 10.1. The Morgan fingerprint density at radius 3 is 2.17 bits per heavy atom. The van der Waals surface area contributed by atoms with Crippen LogP contribution in [0.25, 0.3) is 0 Å². The predicted molar refractivity (Wildman–Crippen MR) is 161 cm³/mol. The highest BCUT2D eigenvalue weighted by atomic mass is 35.5. The first-order valence-electron chi connectivity index (χ1n) is 13.0. The Hall–Kier alpha value is -3.07. The van der Waals surface area contributed by atoms with E-state index < -0.39 is 28.5 Å². The van der Waals surface area contributed by atoms with Gasteiger partial charge in [0.1, 0.15) is 12.6 Å². The van der Waals surface area contributed by atoms with Gasteiger partial charge in [-0.3, -0.25) is 13.9 Å². The molecule has 3 aromatic carbocycles. The molecule has 3 rings (SSSR count). The zero-order valence-corrected chi connectivity index (χ0v) is 25.7. The predicted octanol–water partition coefficient (Wildman–Crippen LogP) is 6.06. The number of hydrogen-bond donors (Lipinski definition) is 1. The molecule has 0 radical (unpaired) electrons. The minimum absolute atomic E-state index is 0.0130. The van der Waals surface area contributed by atoms with Crippen molar-refractivity contribution in [1.29, 1.82) is 0 Å². The van der Waals surface area contributed by atoms with Crippen LogP contribution in [0.1, 0.15) is 42.5 Å². The number of nitrogens with one attached hydrogen (secondary N) is 1. The Bertz CT molecular complexity index is 1480. The molecule has 0 bridgehead atoms. The van der Waals surface area contributed by atoms with Crippen LogP contribution in [0, 0.1) is 20.8 Å². The highest BCUT2D eigenvalue weighted by Crippen LogP contribution is 2.29. The number of nitrogens with zero attached hydrogens (tertiary/aromatic N) is 2. The van der Waals surface area contributed by atoms with E-state index in [1.807, 2.05) is 26.8 Å². The maximum absolute atomic E-state index is 14.0. The molecule has 0 saturated carbocycles. The van der Waals surface area contributed by atoms with Crippen LogP contribution in [0.2, 0.25) is 10.0 Å². The second kappa shape index (κ2) is 13.5. The van der Waals surface area contributed by atoms with E-state index in [1.54, 1.807) is 56.3 Å². The number of carbonyl (C=O) groups is 2. The standard InChI is InChI=1S/C30H35Cl2N3O4S/c1-6-15-33-30(37)23(5)34(18-24-10-11-25(31)17-27(24)32)29(36)19-35(28-14-9-21(3)16-22(28)4)40(38,39)26-12-7-20(2)8-13-26/h7-14,16-17,23H,6,15,18-19H2,1-5H3,(H,33,37). The average molecular weight is 605 g/mol. The summed E-state index contributed by atoms with van der Waals surface area (Å²) in [6, 6.07) is 15.8. The van der Waals surface area contributed by atoms with Crippen molar-refractivity contribution in [1.82, 2.24) is 10.2 Å². The van der Waals surface area contributed by atoms with Crippen molar-refractivity contribution in [2.75, 3.05) is 17.4 Å². The lowest BCUT2D eigenvalue weighted by Crippen LogP contribution is -2.51. The van der Waals surface area contributed by atoms with E-state index in [9.17, 15) is 18.0 Å². The van der Waals surface area contributed by atoms with Crippen LogP contribution in [-0.4, -0.2) is 44.3 Å². The maximum atomic E-state index is 14.0. The molecular formula is C30H35Cl2N3O4S.